The fourth-order valence-electron chi connectivity index (χ4n) is 3.23. The zero-order valence-corrected chi connectivity index (χ0v) is 16.5. The zero-order chi connectivity index (χ0) is 19.9. The van der Waals surface area contributed by atoms with Crippen LogP contribution in [0, 0.1) is 12.8 Å². The van der Waals surface area contributed by atoms with E-state index < -0.39 is 11.6 Å². The highest BCUT2D eigenvalue weighted by Crippen LogP contribution is 2.40. The van der Waals surface area contributed by atoms with Gasteiger partial charge in [-0.15, -0.1) is 0 Å². The SMILES string of the molecule is Cc1ccc(-c2ncc(CNC(=O)C3(F)CC3)c(N3CC(CN)C3)n2)cc1Cl. The van der Waals surface area contributed by atoms with Gasteiger partial charge in [-0.2, -0.15) is 0 Å². The molecule has 0 bridgehead atoms. The Balaban J connectivity index is 1.59. The molecular formula is C20H23ClFN5O. The lowest BCUT2D eigenvalue weighted by Crippen LogP contribution is -2.51. The molecule has 1 saturated heterocycles. The summed E-state index contributed by atoms with van der Waals surface area (Å²) in [6, 6.07) is 5.70. The van der Waals surface area contributed by atoms with Crippen LogP contribution in [0.1, 0.15) is 24.0 Å². The molecule has 2 aromatic rings. The summed E-state index contributed by atoms with van der Waals surface area (Å²) in [6.07, 6.45) is 2.28. The molecule has 0 atom stereocenters. The van der Waals surface area contributed by atoms with E-state index in [1.54, 1.807) is 6.20 Å². The van der Waals surface area contributed by atoms with Gasteiger partial charge < -0.3 is 16.0 Å². The number of aryl methyl sites for hydroxylation is 1. The van der Waals surface area contributed by atoms with E-state index in [1.807, 2.05) is 25.1 Å². The Hall–Kier alpha value is -2.25. The van der Waals surface area contributed by atoms with Crippen LogP contribution in [0.5, 0.6) is 0 Å². The largest absolute Gasteiger partial charge is 0.355 e. The minimum atomic E-state index is -1.69. The highest BCUT2D eigenvalue weighted by Gasteiger charge is 2.50. The molecule has 2 fully saturated rings. The Morgan fingerprint density at radius 1 is 1.43 bits per heavy atom. The van der Waals surface area contributed by atoms with Gasteiger partial charge in [0.05, 0.1) is 0 Å². The molecule has 1 aliphatic carbocycles. The van der Waals surface area contributed by atoms with Crippen LogP contribution < -0.4 is 16.0 Å². The van der Waals surface area contributed by atoms with Crippen molar-refractivity contribution < 1.29 is 9.18 Å². The second-order valence-electron chi connectivity index (χ2n) is 7.66. The number of nitrogens with one attached hydrogen (secondary N) is 1. The van der Waals surface area contributed by atoms with Gasteiger partial charge in [0.2, 0.25) is 0 Å². The molecule has 2 heterocycles. The maximum Gasteiger partial charge on any atom is 0.257 e. The van der Waals surface area contributed by atoms with E-state index in [1.165, 1.54) is 0 Å². The van der Waals surface area contributed by atoms with Gasteiger partial charge in [-0.05, 0) is 37.9 Å². The lowest BCUT2D eigenvalue weighted by molar-refractivity contribution is -0.127. The smallest absolute Gasteiger partial charge is 0.257 e. The van der Waals surface area contributed by atoms with Gasteiger partial charge >= 0.3 is 0 Å². The van der Waals surface area contributed by atoms with Gasteiger partial charge in [0, 0.05) is 47.9 Å². The highest BCUT2D eigenvalue weighted by atomic mass is 35.5. The maximum atomic E-state index is 13.9. The number of halogens is 2. The van der Waals surface area contributed by atoms with Crippen LogP contribution in [0.25, 0.3) is 11.4 Å². The third-order valence-electron chi connectivity index (χ3n) is 5.40. The van der Waals surface area contributed by atoms with Crippen LogP contribution in [0.2, 0.25) is 5.02 Å². The fourth-order valence-corrected chi connectivity index (χ4v) is 3.41. The number of benzene rings is 1. The first-order valence-electron chi connectivity index (χ1n) is 9.44. The lowest BCUT2D eigenvalue weighted by Gasteiger charge is -2.40. The number of nitrogens with two attached hydrogens (primary N) is 1. The monoisotopic (exact) mass is 403 g/mol. The molecule has 8 heteroatoms. The Morgan fingerprint density at radius 3 is 2.82 bits per heavy atom. The molecule has 148 valence electrons. The zero-order valence-electron chi connectivity index (χ0n) is 15.7. The number of carbonyl (C=O) groups is 1. The molecular weight excluding hydrogens is 381 g/mol. The summed E-state index contributed by atoms with van der Waals surface area (Å²) in [5, 5.41) is 3.34. The predicted molar refractivity (Wildman–Crippen MR) is 107 cm³/mol. The molecule has 4 rings (SSSR count). The van der Waals surface area contributed by atoms with Crippen LogP contribution >= 0.6 is 11.6 Å². The van der Waals surface area contributed by atoms with Crippen molar-refractivity contribution in [3.63, 3.8) is 0 Å². The summed E-state index contributed by atoms with van der Waals surface area (Å²) in [5.41, 5.74) is 6.62. The Bertz CT molecular complexity index is 911. The van der Waals surface area contributed by atoms with E-state index in [0.29, 0.717) is 36.2 Å². The molecule has 1 amide bonds. The van der Waals surface area contributed by atoms with E-state index >= 15 is 0 Å². The maximum absolute atomic E-state index is 13.9. The number of hydrogen-bond donors (Lipinski definition) is 2. The molecule has 1 aromatic carbocycles. The van der Waals surface area contributed by atoms with E-state index in [2.05, 4.69) is 15.2 Å². The molecule has 0 radical (unpaired) electrons. The first-order chi connectivity index (χ1) is 13.4. The Kier molecular flexibility index (Phi) is 4.97. The number of aromatic nitrogens is 2. The van der Waals surface area contributed by atoms with Crippen LogP contribution in [-0.2, 0) is 11.3 Å². The molecule has 0 spiro atoms. The summed E-state index contributed by atoms with van der Waals surface area (Å²) in [5.74, 6) is 1.18. The van der Waals surface area contributed by atoms with Crippen molar-refractivity contribution >= 4 is 23.3 Å². The normalized spacial score (nSPS) is 17.9. The summed E-state index contributed by atoms with van der Waals surface area (Å²) in [4.78, 5) is 23.2. The van der Waals surface area contributed by atoms with Crippen LogP contribution in [0.4, 0.5) is 10.2 Å². The van der Waals surface area contributed by atoms with E-state index in [4.69, 9.17) is 22.3 Å². The Morgan fingerprint density at radius 2 is 2.18 bits per heavy atom. The number of amides is 1. The molecule has 0 unspecified atom stereocenters. The van der Waals surface area contributed by atoms with Crippen molar-refractivity contribution in [1.82, 2.24) is 15.3 Å². The summed E-state index contributed by atoms with van der Waals surface area (Å²) < 4.78 is 13.9. The van der Waals surface area contributed by atoms with Gasteiger partial charge in [-0.25, -0.2) is 14.4 Å². The average Bonchev–Trinajstić information content (AvgIpc) is 3.40. The molecule has 1 aromatic heterocycles. The fraction of sp³-hybridized carbons (Fsp3) is 0.450. The summed E-state index contributed by atoms with van der Waals surface area (Å²) in [6.45, 7) is 4.36. The number of carbonyl (C=O) groups excluding carboxylic acids is 1. The molecule has 2 aliphatic rings. The summed E-state index contributed by atoms with van der Waals surface area (Å²) in [7, 11) is 0. The molecule has 1 aliphatic heterocycles. The summed E-state index contributed by atoms with van der Waals surface area (Å²) >= 11 is 6.24. The number of anilines is 1. The number of nitrogens with zero attached hydrogens (tertiary/aromatic N) is 3. The predicted octanol–water partition coefficient (Wildman–Crippen LogP) is 2.62. The van der Waals surface area contributed by atoms with Crippen molar-refractivity contribution in [2.24, 2.45) is 11.7 Å². The van der Waals surface area contributed by atoms with Crippen molar-refractivity contribution in [3.8, 4) is 11.4 Å². The molecule has 3 N–H and O–H groups in total. The molecule has 6 nitrogen and oxygen atoms in total. The van der Waals surface area contributed by atoms with Crippen molar-refractivity contribution in [2.75, 3.05) is 24.5 Å². The van der Waals surface area contributed by atoms with Crippen molar-refractivity contribution in [1.29, 1.82) is 0 Å². The van der Waals surface area contributed by atoms with Gasteiger partial charge in [0.25, 0.3) is 5.91 Å². The van der Waals surface area contributed by atoms with E-state index in [-0.39, 0.29) is 6.54 Å². The number of hydrogen-bond acceptors (Lipinski definition) is 5. The van der Waals surface area contributed by atoms with Gasteiger partial charge in [-0.1, -0.05) is 23.7 Å². The molecule has 28 heavy (non-hydrogen) atoms. The van der Waals surface area contributed by atoms with Gasteiger partial charge in [0.15, 0.2) is 11.5 Å². The minimum Gasteiger partial charge on any atom is -0.355 e. The van der Waals surface area contributed by atoms with Crippen LogP contribution in [0.15, 0.2) is 24.4 Å². The second kappa shape index (κ2) is 7.29. The second-order valence-corrected chi connectivity index (χ2v) is 8.07. The van der Waals surface area contributed by atoms with E-state index in [0.717, 1.165) is 35.6 Å². The van der Waals surface area contributed by atoms with Crippen molar-refractivity contribution in [3.05, 3.63) is 40.5 Å². The first-order valence-corrected chi connectivity index (χ1v) is 9.82. The number of rotatable bonds is 6. The third kappa shape index (κ3) is 3.69. The quantitative estimate of drug-likeness (QED) is 0.774. The average molecular weight is 404 g/mol. The standard InChI is InChI=1S/C20H23ClFN5O/c1-12-2-3-14(6-16(12)21)17-24-8-15(9-25-19(28)20(22)4-5-20)18(26-17)27-10-13(7-23)11-27/h2-3,6,8,13H,4-5,7,9-11,23H2,1H3,(H,25,28). The highest BCUT2D eigenvalue weighted by molar-refractivity contribution is 6.31. The Labute approximate surface area is 168 Å². The molecule has 1 saturated carbocycles. The minimum absolute atomic E-state index is 0.193. The first kappa shape index (κ1) is 19.1. The third-order valence-corrected chi connectivity index (χ3v) is 5.80. The topological polar surface area (TPSA) is 84.1 Å². The lowest BCUT2D eigenvalue weighted by atomic mass is 10.00. The van der Waals surface area contributed by atoms with Gasteiger partial charge in [-0.3, -0.25) is 4.79 Å². The van der Waals surface area contributed by atoms with Gasteiger partial charge in [0.1, 0.15) is 5.82 Å². The van der Waals surface area contributed by atoms with Crippen molar-refractivity contribution in [2.45, 2.75) is 32.0 Å². The van der Waals surface area contributed by atoms with Crippen LogP contribution in [0.3, 0.4) is 0 Å². The number of alkyl halides is 1. The van der Waals surface area contributed by atoms with Crippen LogP contribution in [-0.4, -0.2) is 41.2 Å². The van der Waals surface area contributed by atoms with E-state index in [9.17, 15) is 9.18 Å².